The number of nitro benzene ring substituents is 1. The summed E-state index contributed by atoms with van der Waals surface area (Å²) in [6.45, 7) is 3.62. The average Bonchev–Trinajstić information content (AvgIpc) is 2.52. The van der Waals surface area contributed by atoms with E-state index in [4.69, 9.17) is 11.6 Å². The van der Waals surface area contributed by atoms with Crippen LogP contribution in [-0.4, -0.2) is 53.9 Å². The van der Waals surface area contributed by atoms with Gasteiger partial charge in [0.2, 0.25) is 5.91 Å². The first-order chi connectivity index (χ1) is 10.9. The van der Waals surface area contributed by atoms with Crippen LogP contribution >= 0.6 is 24.0 Å². The molecule has 1 aromatic rings. The van der Waals surface area contributed by atoms with Gasteiger partial charge in [-0.25, -0.2) is 0 Å². The van der Waals surface area contributed by atoms with Gasteiger partial charge in [0.05, 0.1) is 16.5 Å². The van der Waals surface area contributed by atoms with Crippen LogP contribution in [0.25, 0.3) is 0 Å². The Kier molecular flexibility index (Phi) is 7.40. The lowest BCUT2D eigenvalue weighted by Crippen LogP contribution is -2.54. The maximum Gasteiger partial charge on any atom is 0.283 e. The molecule has 2 amide bonds. The predicted octanol–water partition coefficient (Wildman–Crippen LogP) is 1.22. The summed E-state index contributed by atoms with van der Waals surface area (Å²) >= 11 is 5.89. The minimum Gasteiger partial charge on any atom is -0.343 e. The molecule has 1 aliphatic rings. The highest BCUT2D eigenvalue weighted by atomic mass is 35.5. The van der Waals surface area contributed by atoms with E-state index in [1.54, 1.807) is 4.90 Å². The van der Waals surface area contributed by atoms with Gasteiger partial charge in [0, 0.05) is 31.7 Å². The molecular weight excluding hydrogens is 359 g/mol. The predicted molar refractivity (Wildman–Crippen MR) is 91.7 cm³/mol. The number of carbonyl (C=O) groups excluding carboxylic acids is 2. The lowest BCUT2D eigenvalue weighted by atomic mass is 10.1. The maximum absolute atomic E-state index is 12.2. The van der Waals surface area contributed by atoms with Crippen molar-refractivity contribution in [3.05, 3.63) is 38.9 Å². The fourth-order valence-corrected chi connectivity index (χ4v) is 2.70. The zero-order valence-electron chi connectivity index (χ0n) is 13.0. The number of halogens is 2. The molecule has 2 rings (SSSR count). The third-order valence-corrected chi connectivity index (χ3v) is 3.95. The second-order valence-electron chi connectivity index (χ2n) is 5.21. The molecule has 0 bridgehead atoms. The van der Waals surface area contributed by atoms with Gasteiger partial charge in [-0.1, -0.05) is 17.7 Å². The summed E-state index contributed by atoms with van der Waals surface area (Å²) in [6, 6.07) is 4.01. The van der Waals surface area contributed by atoms with Crippen LogP contribution < -0.4 is 10.6 Å². The number of nitrogens with one attached hydrogen (secondary N) is 2. The van der Waals surface area contributed by atoms with Crippen molar-refractivity contribution >= 4 is 41.5 Å². The summed E-state index contributed by atoms with van der Waals surface area (Å²) in [5.74, 6) is -0.972. The van der Waals surface area contributed by atoms with Crippen LogP contribution in [0.1, 0.15) is 17.3 Å². The monoisotopic (exact) mass is 376 g/mol. The molecule has 1 heterocycles. The summed E-state index contributed by atoms with van der Waals surface area (Å²) in [7, 11) is 0. The molecule has 24 heavy (non-hydrogen) atoms. The minimum absolute atomic E-state index is 0. The third kappa shape index (κ3) is 4.56. The molecular formula is C14H18Cl2N4O4. The first-order valence-corrected chi connectivity index (χ1v) is 7.51. The van der Waals surface area contributed by atoms with Crippen LogP contribution in [-0.2, 0) is 4.79 Å². The number of amides is 2. The van der Waals surface area contributed by atoms with Crippen LogP contribution in [0.2, 0.25) is 5.02 Å². The second kappa shape index (κ2) is 8.81. The van der Waals surface area contributed by atoms with Gasteiger partial charge in [0.1, 0.15) is 5.56 Å². The minimum atomic E-state index is -0.738. The Morgan fingerprint density at radius 3 is 2.83 bits per heavy atom. The Bertz CT molecular complexity index is 641. The number of nitro groups is 1. The highest BCUT2D eigenvalue weighted by Crippen LogP contribution is 2.25. The second-order valence-corrected chi connectivity index (χ2v) is 5.62. The van der Waals surface area contributed by atoms with E-state index in [2.05, 4.69) is 10.6 Å². The summed E-state index contributed by atoms with van der Waals surface area (Å²) in [4.78, 5) is 36.3. The Labute approximate surface area is 150 Å². The molecule has 0 aliphatic carbocycles. The lowest BCUT2D eigenvalue weighted by Gasteiger charge is -2.34. The van der Waals surface area contributed by atoms with Crippen LogP contribution in [0.15, 0.2) is 18.2 Å². The molecule has 0 unspecified atom stereocenters. The van der Waals surface area contributed by atoms with Gasteiger partial charge in [-0.15, -0.1) is 12.4 Å². The topological polar surface area (TPSA) is 105 Å². The fourth-order valence-electron chi connectivity index (χ4n) is 2.45. The van der Waals surface area contributed by atoms with Gasteiger partial charge in [-0.05, 0) is 13.0 Å². The number of hydrogen-bond acceptors (Lipinski definition) is 5. The number of rotatable bonds is 4. The van der Waals surface area contributed by atoms with Crippen molar-refractivity contribution in [3.63, 3.8) is 0 Å². The number of hydrogen-bond donors (Lipinski definition) is 2. The fraction of sp³-hybridized carbons (Fsp3) is 0.429. The smallest absolute Gasteiger partial charge is 0.283 e. The van der Waals surface area contributed by atoms with Crippen LogP contribution in [0.5, 0.6) is 0 Å². The third-order valence-electron chi connectivity index (χ3n) is 3.64. The molecule has 1 aromatic carbocycles. The van der Waals surface area contributed by atoms with E-state index in [-0.39, 0.29) is 41.5 Å². The molecule has 0 aromatic heterocycles. The zero-order chi connectivity index (χ0) is 17.0. The van der Waals surface area contributed by atoms with Gasteiger partial charge in [-0.3, -0.25) is 19.7 Å². The highest BCUT2D eigenvalue weighted by molar-refractivity contribution is 6.34. The molecule has 0 spiro atoms. The molecule has 10 heteroatoms. The standard InChI is InChI=1S/C14H17ClN4O4.ClH/c1-9-7-16-5-6-18(9)12(20)8-17-14(21)13-10(15)3-2-4-11(13)19(22)23;/h2-4,9,16H,5-8H2,1H3,(H,17,21);1H/t9-;/m1./s1. The quantitative estimate of drug-likeness (QED) is 0.607. The van der Waals surface area contributed by atoms with Crippen molar-refractivity contribution in [2.75, 3.05) is 26.2 Å². The Morgan fingerprint density at radius 2 is 2.21 bits per heavy atom. The molecule has 132 valence electrons. The summed E-state index contributed by atoms with van der Waals surface area (Å²) in [6.07, 6.45) is 0. The van der Waals surface area contributed by atoms with Crippen LogP contribution in [0.3, 0.4) is 0 Å². The normalized spacial score (nSPS) is 16.9. The van der Waals surface area contributed by atoms with Gasteiger partial charge < -0.3 is 15.5 Å². The van der Waals surface area contributed by atoms with Crippen molar-refractivity contribution in [1.29, 1.82) is 0 Å². The lowest BCUT2D eigenvalue weighted by molar-refractivity contribution is -0.385. The molecule has 2 N–H and O–H groups in total. The Balaban J connectivity index is 0.00000288. The number of benzene rings is 1. The summed E-state index contributed by atoms with van der Waals surface area (Å²) in [5, 5.41) is 16.5. The van der Waals surface area contributed by atoms with E-state index in [9.17, 15) is 19.7 Å². The molecule has 1 saturated heterocycles. The first-order valence-electron chi connectivity index (χ1n) is 7.13. The van der Waals surface area contributed by atoms with Gasteiger partial charge in [0.15, 0.2) is 0 Å². The molecule has 1 atom stereocenters. The molecule has 1 fully saturated rings. The molecule has 1 aliphatic heterocycles. The van der Waals surface area contributed by atoms with E-state index in [1.165, 1.54) is 18.2 Å². The molecule has 0 saturated carbocycles. The van der Waals surface area contributed by atoms with Gasteiger partial charge >= 0.3 is 0 Å². The highest BCUT2D eigenvalue weighted by Gasteiger charge is 2.26. The SMILES string of the molecule is C[C@@H]1CNCCN1C(=O)CNC(=O)c1c(Cl)cccc1[N+](=O)[O-].Cl. The van der Waals surface area contributed by atoms with Crippen LogP contribution in [0.4, 0.5) is 5.69 Å². The van der Waals surface area contributed by atoms with Crippen molar-refractivity contribution in [3.8, 4) is 0 Å². The summed E-state index contributed by atoms with van der Waals surface area (Å²) in [5.41, 5.74) is -0.627. The molecule has 8 nitrogen and oxygen atoms in total. The van der Waals surface area contributed by atoms with Crippen molar-refractivity contribution < 1.29 is 14.5 Å². The molecule has 0 radical (unpaired) electrons. The Morgan fingerprint density at radius 1 is 1.50 bits per heavy atom. The summed E-state index contributed by atoms with van der Waals surface area (Å²) < 4.78 is 0. The van der Waals surface area contributed by atoms with Gasteiger partial charge in [-0.2, -0.15) is 0 Å². The number of carbonyl (C=O) groups is 2. The van der Waals surface area contributed by atoms with E-state index in [0.29, 0.717) is 19.6 Å². The van der Waals surface area contributed by atoms with E-state index in [1.807, 2.05) is 6.92 Å². The van der Waals surface area contributed by atoms with Crippen molar-refractivity contribution in [1.82, 2.24) is 15.5 Å². The van der Waals surface area contributed by atoms with E-state index >= 15 is 0 Å². The largest absolute Gasteiger partial charge is 0.343 e. The first kappa shape index (κ1) is 20.1. The maximum atomic E-state index is 12.2. The van der Waals surface area contributed by atoms with E-state index < -0.39 is 16.5 Å². The van der Waals surface area contributed by atoms with Crippen LogP contribution in [0, 0.1) is 10.1 Å². The van der Waals surface area contributed by atoms with Gasteiger partial charge in [0.25, 0.3) is 11.6 Å². The average molecular weight is 377 g/mol. The number of piperazine rings is 1. The van der Waals surface area contributed by atoms with Crippen molar-refractivity contribution in [2.45, 2.75) is 13.0 Å². The van der Waals surface area contributed by atoms with Crippen molar-refractivity contribution in [2.24, 2.45) is 0 Å². The number of nitrogens with zero attached hydrogens (tertiary/aromatic N) is 2. The Hall–Kier alpha value is -1.90. The van der Waals surface area contributed by atoms with E-state index in [0.717, 1.165) is 0 Å². The zero-order valence-corrected chi connectivity index (χ0v) is 14.5.